The average molecular weight is 232 g/mol. The van der Waals surface area contributed by atoms with Crippen LogP contribution in [0.5, 0.6) is 0 Å². The topological polar surface area (TPSA) is 26.0 Å². The van der Waals surface area contributed by atoms with Crippen LogP contribution >= 0.6 is 11.6 Å². The van der Waals surface area contributed by atoms with Gasteiger partial charge < -0.3 is 5.73 Å². The van der Waals surface area contributed by atoms with Crippen LogP contribution in [0.1, 0.15) is 37.4 Å². The number of nitrogens with two attached hydrogens (primary N) is 1. The third-order valence-corrected chi connectivity index (χ3v) is 3.28. The first-order chi connectivity index (χ1) is 6.84. The second-order valence-electron chi connectivity index (χ2n) is 4.64. The third-order valence-electron chi connectivity index (χ3n) is 2.99. The molecule has 0 heterocycles. The van der Waals surface area contributed by atoms with Gasteiger partial charge in [0.1, 0.15) is 0 Å². The highest BCUT2D eigenvalue weighted by Crippen LogP contribution is 2.48. The first-order valence-electron chi connectivity index (χ1n) is 4.78. The number of hydrogen-bond donors (Lipinski definition) is 1. The molecular formula is C11H12ClF2N. The van der Waals surface area contributed by atoms with Crippen molar-refractivity contribution >= 4 is 11.6 Å². The predicted octanol–water partition coefficient (Wildman–Crippen LogP) is 3.30. The van der Waals surface area contributed by atoms with Crippen LogP contribution < -0.4 is 5.73 Å². The van der Waals surface area contributed by atoms with Gasteiger partial charge in [-0.1, -0.05) is 25.4 Å². The monoisotopic (exact) mass is 231 g/mol. The number of rotatable bonds is 0. The van der Waals surface area contributed by atoms with Crippen molar-refractivity contribution in [1.82, 2.24) is 0 Å². The second kappa shape index (κ2) is 3.16. The maximum atomic E-state index is 13.6. The van der Waals surface area contributed by atoms with Crippen LogP contribution in [0.3, 0.4) is 0 Å². The third kappa shape index (κ3) is 1.45. The highest BCUT2D eigenvalue weighted by Gasteiger charge is 2.40. The van der Waals surface area contributed by atoms with Crippen LogP contribution in [0.4, 0.5) is 8.78 Å². The Bertz CT molecular complexity index is 429. The van der Waals surface area contributed by atoms with E-state index >= 15 is 0 Å². The summed E-state index contributed by atoms with van der Waals surface area (Å²) in [6, 6.07) is 0.554. The Kier molecular flexibility index (Phi) is 2.28. The molecule has 0 bridgehead atoms. The lowest BCUT2D eigenvalue weighted by atomic mass is 9.86. The molecule has 15 heavy (non-hydrogen) atoms. The molecule has 1 aliphatic carbocycles. The zero-order valence-electron chi connectivity index (χ0n) is 8.57. The molecule has 1 aromatic carbocycles. The molecular weight excluding hydrogens is 220 g/mol. The fourth-order valence-electron chi connectivity index (χ4n) is 2.40. The highest BCUT2D eigenvalue weighted by molar-refractivity contribution is 6.31. The van der Waals surface area contributed by atoms with E-state index < -0.39 is 17.7 Å². The summed E-state index contributed by atoms with van der Waals surface area (Å²) in [7, 11) is 0. The average Bonchev–Trinajstić information content (AvgIpc) is 2.32. The molecule has 0 radical (unpaired) electrons. The maximum absolute atomic E-state index is 13.6. The van der Waals surface area contributed by atoms with E-state index in [1.54, 1.807) is 0 Å². The van der Waals surface area contributed by atoms with Crippen molar-refractivity contribution in [3.05, 3.63) is 33.9 Å². The fraction of sp³-hybridized carbons (Fsp3) is 0.455. The van der Waals surface area contributed by atoms with Gasteiger partial charge in [-0.2, -0.15) is 0 Å². The van der Waals surface area contributed by atoms with Gasteiger partial charge in [0.2, 0.25) is 0 Å². The smallest absolute Gasteiger partial charge is 0.163 e. The Morgan fingerprint density at radius 2 is 2.07 bits per heavy atom. The van der Waals surface area contributed by atoms with Crippen LogP contribution in [0, 0.1) is 11.6 Å². The van der Waals surface area contributed by atoms with Gasteiger partial charge in [-0.05, 0) is 23.5 Å². The summed E-state index contributed by atoms with van der Waals surface area (Å²) in [4.78, 5) is 0. The van der Waals surface area contributed by atoms with Crippen molar-refractivity contribution < 1.29 is 8.78 Å². The molecule has 1 aliphatic rings. The summed E-state index contributed by atoms with van der Waals surface area (Å²) in [6.07, 6.45) is 0.586. The summed E-state index contributed by atoms with van der Waals surface area (Å²) >= 11 is 5.93. The van der Waals surface area contributed by atoms with Gasteiger partial charge in [-0.15, -0.1) is 0 Å². The van der Waals surface area contributed by atoms with Crippen LogP contribution in [-0.2, 0) is 5.41 Å². The number of hydrogen-bond acceptors (Lipinski definition) is 1. The molecule has 0 spiro atoms. The molecule has 0 amide bonds. The van der Waals surface area contributed by atoms with Gasteiger partial charge in [0.05, 0.1) is 0 Å². The minimum atomic E-state index is -0.924. The van der Waals surface area contributed by atoms with Crippen molar-refractivity contribution in [1.29, 1.82) is 0 Å². The minimum Gasteiger partial charge on any atom is -0.324 e. The molecule has 0 aliphatic heterocycles. The predicted molar refractivity (Wildman–Crippen MR) is 55.9 cm³/mol. The summed E-state index contributed by atoms with van der Waals surface area (Å²) in [6.45, 7) is 3.86. The van der Waals surface area contributed by atoms with E-state index in [4.69, 9.17) is 17.3 Å². The van der Waals surface area contributed by atoms with E-state index in [0.717, 1.165) is 6.07 Å². The van der Waals surface area contributed by atoms with Crippen molar-refractivity contribution in [3.8, 4) is 0 Å². The Morgan fingerprint density at radius 3 is 2.67 bits per heavy atom. The Morgan fingerprint density at radius 1 is 1.47 bits per heavy atom. The number of halogens is 3. The maximum Gasteiger partial charge on any atom is 0.163 e. The van der Waals surface area contributed by atoms with Gasteiger partial charge in [0.15, 0.2) is 11.6 Å². The fourth-order valence-corrected chi connectivity index (χ4v) is 2.86. The van der Waals surface area contributed by atoms with E-state index in [2.05, 4.69) is 0 Å². The van der Waals surface area contributed by atoms with Crippen molar-refractivity contribution in [3.63, 3.8) is 0 Å². The highest BCUT2D eigenvalue weighted by atomic mass is 35.5. The second-order valence-corrected chi connectivity index (χ2v) is 5.04. The van der Waals surface area contributed by atoms with E-state index in [-0.39, 0.29) is 16.0 Å². The van der Waals surface area contributed by atoms with E-state index in [9.17, 15) is 8.78 Å². The van der Waals surface area contributed by atoms with Gasteiger partial charge in [-0.3, -0.25) is 0 Å². The molecule has 1 nitrogen and oxygen atoms in total. The molecule has 0 saturated heterocycles. The van der Waals surface area contributed by atoms with Crippen LogP contribution in [-0.4, -0.2) is 0 Å². The van der Waals surface area contributed by atoms with E-state index in [1.807, 2.05) is 13.8 Å². The first kappa shape index (κ1) is 10.8. The van der Waals surface area contributed by atoms with Gasteiger partial charge >= 0.3 is 0 Å². The van der Waals surface area contributed by atoms with Crippen molar-refractivity contribution in [2.75, 3.05) is 0 Å². The molecule has 1 atom stereocenters. The summed E-state index contributed by atoms with van der Waals surface area (Å²) < 4.78 is 26.7. The van der Waals surface area contributed by atoms with Gasteiger partial charge in [0, 0.05) is 16.6 Å². The van der Waals surface area contributed by atoms with Crippen molar-refractivity contribution in [2.24, 2.45) is 5.73 Å². The van der Waals surface area contributed by atoms with Crippen molar-refractivity contribution in [2.45, 2.75) is 31.7 Å². The van der Waals surface area contributed by atoms with Crippen LogP contribution in [0.25, 0.3) is 0 Å². The molecule has 2 rings (SSSR count). The van der Waals surface area contributed by atoms with Crippen LogP contribution in [0.2, 0.25) is 5.02 Å². The standard InChI is InChI=1S/C11H12ClF2N/c1-11(2)4-7(15)8-9(11)5(12)3-6(13)10(8)14/h3,7H,4,15H2,1-2H3/t7-/m1/s1. The largest absolute Gasteiger partial charge is 0.324 e. The molecule has 0 saturated carbocycles. The van der Waals surface area contributed by atoms with Gasteiger partial charge in [0.25, 0.3) is 0 Å². The Labute approximate surface area is 92.2 Å². The SMILES string of the molecule is CC1(C)C[C@@H](N)c2c(F)c(F)cc(Cl)c21. The molecule has 0 unspecified atom stereocenters. The lowest BCUT2D eigenvalue weighted by Gasteiger charge is -2.20. The zero-order valence-corrected chi connectivity index (χ0v) is 9.33. The summed E-state index contributed by atoms with van der Waals surface area (Å²) in [5, 5.41) is 0.266. The molecule has 82 valence electrons. The molecule has 0 fully saturated rings. The molecule has 4 heteroatoms. The minimum absolute atomic E-state index is 0.241. The van der Waals surface area contributed by atoms with Gasteiger partial charge in [-0.25, -0.2) is 8.78 Å². The first-order valence-corrected chi connectivity index (χ1v) is 5.16. The quantitative estimate of drug-likeness (QED) is 0.682. The Hall–Kier alpha value is -0.670. The van der Waals surface area contributed by atoms with E-state index in [0.29, 0.717) is 12.0 Å². The number of benzene rings is 1. The molecule has 1 aromatic rings. The molecule has 0 aromatic heterocycles. The lowest BCUT2D eigenvalue weighted by Crippen LogP contribution is -2.14. The molecule has 2 N–H and O–H groups in total. The summed E-state index contributed by atoms with van der Waals surface area (Å²) in [5.74, 6) is -1.78. The number of fused-ring (bicyclic) bond motifs is 1. The Balaban J connectivity index is 2.78. The summed E-state index contributed by atoms with van der Waals surface area (Å²) in [5.41, 5.74) is 6.39. The lowest BCUT2D eigenvalue weighted by molar-refractivity contribution is 0.473. The van der Waals surface area contributed by atoms with E-state index in [1.165, 1.54) is 0 Å². The van der Waals surface area contributed by atoms with Crippen LogP contribution in [0.15, 0.2) is 6.07 Å². The zero-order chi connectivity index (χ0) is 11.4. The normalized spacial score (nSPS) is 22.9.